The highest BCUT2D eigenvalue weighted by Crippen LogP contribution is 2.25. The van der Waals surface area contributed by atoms with E-state index in [0.29, 0.717) is 23.7 Å². The third-order valence-corrected chi connectivity index (χ3v) is 4.44. The summed E-state index contributed by atoms with van der Waals surface area (Å²) in [6.07, 6.45) is 0.896. The molecule has 1 aromatic rings. The van der Waals surface area contributed by atoms with Crippen LogP contribution in [0.15, 0.2) is 18.2 Å². The molecule has 1 N–H and O–H groups in total. The molecule has 0 spiro atoms. The highest BCUT2D eigenvalue weighted by atomic mass is 32.2. The smallest absolute Gasteiger partial charge is 0.153 e. The maximum Gasteiger partial charge on any atom is 0.153 e. The van der Waals surface area contributed by atoms with Crippen LogP contribution in [-0.4, -0.2) is 38.2 Å². The van der Waals surface area contributed by atoms with E-state index in [2.05, 4.69) is 0 Å². The van der Waals surface area contributed by atoms with Gasteiger partial charge < -0.3 is 14.6 Å². The van der Waals surface area contributed by atoms with Crippen LogP contribution in [0.4, 0.5) is 0 Å². The number of sulfone groups is 1. The lowest BCUT2D eigenvalue weighted by Crippen LogP contribution is -2.16. The Morgan fingerprint density at radius 1 is 1.15 bits per heavy atom. The molecule has 5 nitrogen and oxygen atoms in total. The molecule has 0 bridgehead atoms. The van der Waals surface area contributed by atoms with Crippen LogP contribution >= 0.6 is 0 Å². The van der Waals surface area contributed by atoms with Crippen molar-refractivity contribution in [3.63, 3.8) is 0 Å². The van der Waals surface area contributed by atoms with Crippen LogP contribution in [0.3, 0.4) is 0 Å². The zero-order chi connectivity index (χ0) is 15.0. The number of hydrogen-bond donors (Lipinski definition) is 1. The fourth-order valence-corrected chi connectivity index (χ4v) is 2.16. The Balaban J connectivity index is 2.70. The average molecular weight is 302 g/mol. The lowest BCUT2D eigenvalue weighted by atomic mass is 10.2. The monoisotopic (exact) mass is 302 g/mol. The van der Waals surface area contributed by atoms with E-state index >= 15 is 0 Å². The van der Waals surface area contributed by atoms with Gasteiger partial charge in [-0.2, -0.15) is 0 Å². The quantitative estimate of drug-likeness (QED) is 0.753. The van der Waals surface area contributed by atoms with E-state index in [4.69, 9.17) is 9.47 Å². The van der Waals surface area contributed by atoms with Gasteiger partial charge in [-0.25, -0.2) is 8.42 Å². The fraction of sp³-hybridized carbons (Fsp3) is 0.571. The second-order valence-corrected chi connectivity index (χ2v) is 6.83. The number of rotatable bonds is 9. The molecule has 0 heterocycles. The zero-order valence-corrected chi connectivity index (χ0v) is 12.8. The minimum atomic E-state index is -3.05. The van der Waals surface area contributed by atoms with Gasteiger partial charge in [-0.3, -0.25) is 0 Å². The second-order valence-electron chi connectivity index (χ2n) is 4.36. The summed E-state index contributed by atoms with van der Waals surface area (Å²) in [5, 5.41) is 9.25. The molecular weight excluding hydrogens is 280 g/mol. The Morgan fingerprint density at radius 3 is 2.50 bits per heavy atom. The standard InChI is InChI=1S/C14H22O5S/c1-3-7-18-13-6-5-12(11-15)14(10-13)19-8-9-20(16,17)4-2/h5-6,10,15H,3-4,7-9,11H2,1-2H3. The maximum absolute atomic E-state index is 11.4. The lowest BCUT2D eigenvalue weighted by Gasteiger charge is -2.12. The van der Waals surface area contributed by atoms with Gasteiger partial charge in [0.15, 0.2) is 9.84 Å². The second kappa shape index (κ2) is 8.11. The highest BCUT2D eigenvalue weighted by molar-refractivity contribution is 7.91. The van der Waals surface area contributed by atoms with E-state index in [9.17, 15) is 13.5 Å². The summed E-state index contributed by atoms with van der Waals surface area (Å²) in [4.78, 5) is 0. The van der Waals surface area contributed by atoms with Gasteiger partial charge in [-0.15, -0.1) is 0 Å². The SMILES string of the molecule is CCCOc1ccc(CO)c(OCCS(=O)(=O)CC)c1. The van der Waals surface area contributed by atoms with Crippen LogP contribution < -0.4 is 9.47 Å². The maximum atomic E-state index is 11.4. The minimum Gasteiger partial charge on any atom is -0.493 e. The van der Waals surface area contributed by atoms with Crippen molar-refractivity contribution in [2.45, 2.75) is 26.9 Å². The van der Waals surface area contributed by atoms with E-state index in [0.717, 1.165) is 6.42 Å². The van der Waals surface area contributed by atoms with E-state index in [1.165, 1.54) is 0 Å². The fourth-order valence-electron chi connectivity index (χ4n) is 1.53. The van der Waals surface area contributed by atoms with Gasteiger partial charge in [0.2, 0.25) is 0 Å². The van der Waals surface area contributed by atoms with Crippen molar-refractivity contribution in [3.8, 4) is 11.5 Å². The molecular formula is C14H22O5S. The number of aliphatic hydroxyl groups excluding tert-OH is 1. The van der Waals surface area contributed by atoms with Gasteiger partial charge >= 0.3 is 0 Å². The van der Waals surface area contributed by atoms with Gasteiger partial charge in [-0.1, -0.05) is 13.8 Å². The Bertz CT molecular complexity index is 510. The molecule has 0 aromatic heterocycles. The van der Waals surface area contributed by atoms with E-state index < -0.39 is 9.84 Å². The Labute approximate surface area is 120 Å². The van der Waals surface area contributed by atoms with Crippen molar-refractivity contribution in [1.82, 2.24) is 0 Å². The predicted molar refractivity (Wildman–Crippen MR) is 78.0 cm³/mol. The molecule has 0 fully saturated rings. The van der Waals surface area contributed by atoms with Gasteiger partial charge in [0.25, 0.3) is 0 Å². The molecule has 0 aliphatic rings. The van der Waals surface area contributed by atoms with Crippen molar-refractivity contribution in [3.05, 3.63) is 23.8 Å². The summed E-state index contributed by atoms with van der Waals surface area (Å²) in [6.45, 7) is 4.12. The first kappa shape index (κ1) is 16.8. The molecule has 1 aromatic carbocycles. The topological polar surface area (TPSA) is 72.8 Å². The molecule has 0 saturated carbocycles. The molecule has 1 rings (SSSR count). The van der Waals surface area contributed by atoms with E-state index in [-0.39, 0.29) is 24.7 Å². The van der Waals surface area contributed by atoms with Gasteiger partial charge in [-0.05, 0) is 18.6 Å². The van der Waals surface area contributed by atoms with Crippen LogP contribution in [0.2, 0.25) is 0 Å². The van der Waals surface area contributed by atoms with Crippen LogP contribution in [0, 0.1) is 0 Å². The van der Waals surface area contributed by atoms with Gasteiger partial charge in [0, 0.05) is 17.4 Å². The van der Waals surface area contributed by atoms with Crippen LogP contribution in [0.25, 0.3) is 0 Å². The number of benzene rings is 1. The Morgan fingerprint density at radius 2 is 1.90 bits per heavy atom. The first-order valence-electron chi connectivity index (χ1n) is 6.72. The lowest BCUT2D eigenvalue weighted by molar-refractivity contribution is 0.265. The minimum absolute atomic E-state index is 0.0333. The third-order valence-electron chi connectivity index (χ3n) is 2.77. The highest BCUT2D eigenvalue weighted by Gasteiger charge is 2.10. The molecule has 0 radical (unpaired) electrons. The third kappa shape index (κ3) is 5.38. The van der Waals surface area contributed by atoms with E-state index in [1.807, 2.05) is 6.92 Å². The zero-order valence-electron chi connectivity index (χ0n) is 12.0. The molecule has 114 valence electrons. The molecule has 6 heteroatoms. The molecule has 0 saturated heterocycles. The van der Waals surface area contributed by atoms with Gasteiger partial charge in [0.05, 0.1) is 19.0 Å². The summed E-state index contributed by atoms with van der Waals surface area (Å²) in [5.74, 6) is 1.18. The van der Waals surface area contributed by atoms with Crippen LogP contribution in [0.1, 0.15) is 25.8 Å². The number of hydrogen-bond acceptors (Lipinski definition) is 5. The molecule has 0 aliphatic heterocycles. The van der Waals surface area contributed by atoms with Crippen molar-refractivity contribution in [2.24, 2.45) is 0 Å². The van der Waals surface area contributed by atoms with Crippen molar-refractivity contribution >= 4 is 9.84 Å². The van der Waals surface area contributed by atoms with Crippen LogP contribution in [0.5, 0.6) is 11.5 Å². The summed E-state index contributed by atoms with van der Waals surface area (Å²) < 4.78 is 33.7. The summed E-state index contributed by atoms with van der Waals surface area (Å²) in [6, 6.07) is 5.16. The Hall–Kier alpha value is -1.27. The summed E-state index contributed by atoms with van der Waals surface area (Å²) in [5.41, 5.74) is 0.614. The predicted octanol–water partition coefficient (Wildman–Crippen LogP) is 1.78. The molecule has 0 amide bonds. The Kier molecular flexibility index (Phi) is 6.81. The normalized spacial score (nSPS) is 11.3. The van der Waals surface area contributed by atoms with Crippen molar-refractivity contribution in [1.29, 1.82) is 0 Å². The van der Waals surface area contributed by atoms with Crippen molar-refractivity contribution < 1.29 is 23.0 Å². The number of ether oxygens (including phenoxy) is 2. The summed E-state index contributed by atoms with van der Waals surface area (Å²) >= 11 is 0. The largest absolute Gasteiger partial charge is 0.493 e. The first-order chi connectivity index (χ1) is 9.52. The molecule has 0 aliphatic carbocycles. The first-order valence-corrected chi connectivity index (χ1v) is 8.54. The van der Waals surface area contributed by atoms with E-state index in [1.54, 1.807) is 25.1 Å². The summed E-state index contributed by atoms with van der Waals surface area (Å²) in [7, 11) is -3.05. The van der Waals surface area contributed by atoms with Crippen LogP contribution in [-0.2, 0) is 16.4 Å². The molecule has 0 atom stereocenters. The molecule has 20 heavy (non-hydrogen) atoms. The number of aliphatic hydroxyl groups is 1. The van der Waals surface area contributed by atoms with Gasteiger partial charge in [0.1, 0.15) is 18.1 Å². The molecule has 0 unspecified atom stereocenters. The van der Waals surface area contributed by atoms with Crippen molar-refractivity contribution in [2.75, 3.05) is 24.7 Å². The average Bonchev–Trinajstić information content (AvgIpc) is 2.45.